The summed E-state index contributed by atoms with van der Waals surface area (Å²) >= 11 is 1.04. The second-order valence-electron chi connectivity index (χ2n) is 4.64. The molecule has 2 aromatic heterocycles. The number of hydrogen-bond donors (Lipinski definition) is 2. The topological polar surface area (TPSA) is 106 Å². The van der Waals surface area contributed by atoms with E-state index < -0.39 is 10.0 Å². The molecule has 2 rings (SSSR count). The molecule has 116 valence electrons. The zero-order valence-corrected chi connectivity index (χ0v) is 13.7. The molecule has 10 heteroatoms. The van der Waals surface area contributed by atoms with E-state index in [1.807, 2.05) is 17.8 Å². The molecule has 0 aliphatic heterocycles. The van der Waals surface area contributed by atoms with Gasteiger partial charge in [0.15, 0.2) is 10.7 Å². The molecule has 0 aliphatic rings. The van der Waals surface area contributed by atoms with Gasteiger partial charge in [-0.1, -0.05) is 0 Å². The van der Waals surface area contributed by atoms with Crippen LogP contribution in [0, 0.1) is 0 Å². The number of anilines is 2. The molecule has 0 spiro atoms. The van der Waals surface area contributed by atoms with Crippen LogP contribution in [0.25, 0.3) is 0 Å². The van der Waals surface area contributed by atoms with Gasteiger partial charge in [-0.05, 0) is 11.5 Å². The Hall–Kier alpha value is -1.65. The van der Waals surface area contributed by atoms with Crippen molar-refractivity contribution in [3.05, 3.63) is 18.2 Å². The van der Waals surface area contributed by atoms with E-state index in [9.17, 15) is 8.42 Å². The third-order valence-corrected chi connectivity index (χ3v) is 5.81. The first-order valence-electron chi connectivity index (χ1n) is 6.21. The molecule has 2 heterocycles. The lowest BCUT2D eigenvalue weighted by Crippen LogP contribution is -2.23. The van der Waals surface area contributed by atoms with Crippen LogP contribution in [0.4, 0.5) is 10.8 Å². The summed E-state index contributed by atoms with van der Waals surface area (Å²) in [7, 11) is 1.22. The van der Waals surface area contributed by atoms with E-state index in [1.54, 1.807) is 6.20 Å². The van der Waals surface area contributed by atoms with Crippen LogP contribution in [-0.4, -0.2) is 47.3 Å². The summed E-state index contributed by atoms with van der Waals surface area (Å²) in [6.45, 7) is 0.544. The quantitative estimate of drug-likeness (QED) is 0.792. The van der Waals surface area contributed by atoms with E-state index in [2.05, 4.69) is 14.7 Å². The SMILES string of the molecule is CN(C)S(=O)(=O)c1c(N)nsc1NCCc1nccn1C. The Bertz CT molecular complexity index is 719. The fourth-order valence-corrected chi connectivity index (χ4v) is 3.87. The normalized spacial score (nSPS) is 12.0. The van der Waals surface area contributed by atoms with Crippen molar-refractivity contribution >= 4 is 32.4 Å². The third kappa shape index (κ3) is 3.17. The van der Waals surface area contributed by atoms with Gasteiger partial charge in [0.25, 0.3) is 0 Å². The van der Waals surface area contributed by atoms with Crippen LogP contribution < -0.4 is 11.1 Å². The van der Waals surface area contributed by atoms with E-state index in [-0.39, 0.29) is 10.7 Å². The van der Waals surface area contributed by atoms with Crippen molar-refractivity contribution in [2.24, 2.45) is 7.05 Å². The second kappa shape index (κ2) is 6.00. The molecular formula is C11H18N6O2S2. The number of nitrogen functional groups attached to an aromatic ring is 1. The van der Waals surface area contributed by atoms with Crippen LogP contribution in [0.5, 0.6) is 0 Å². The van der Waals surface area contributed by atoms with Crippen LogP contribution in [0.2, 0.25) is 0 Å². The number of aromatic nitrogens is 3. The molecule has 8 nitrogen and oxygen atoms in total. The number of nitrogens with two attached hydrogens (primary N) is 1. The molecule has 0 unspecified atom stereocenters. The molecule has 0 radical (unpaired) electrons. The molecule has 0 amide bonds. The standard InChI is InChI=1S/C11H18N6O2S2/c1-16(2)21(18,19)9-10(12)15-20-11(9)14-5-4-8-13-6-7-17(8)3/h6-7,14H,4-5H2,1-3H3,(H2,12,15). The average Bonchev–Trinajstić information content (AvgIpc) is 2.97. The van der Waals surface area contributed by atoms with Gasteiger partial charge in [-0.15, -0.1) is 0 Å². The predicted molar refractivity (Wildman–Crippen MR) is 82.8 cm³/mol. The molecule has 0 atom stereocenters. The van der Waals surface area contributed by atoms with Crippen molar-refractivity contribution in [3.8, 4) is 0 Å². The van der Waals surface area contributed by atoms with Crippen molar-refractivity contribution in [1.29, 1.82) is 0 Å². The monoisotopic (exact) mass is 330 g/mol. The molecule has 0 aliphatic carbocycles. The lowest BCUT2D eigenvalue weighted by atomic mass is 10.4. The minimum absolute atomic E-state index is 0.0215. The van der Waals surface area contributed by atoms with Gasteiger partial charge in [0.2, 0.25) is 10.0 Å². The van der Waals surface area contributed by atoms with E-state index in [1.165, 1.54) is 14.1 Å². The number of sulfonamides is 1. The highest BCUT2D eigenvalue weighted by Crippen LogP contribution is 2.32. The zero-order valence-electron chi connectivity index (χ0n) is 12.1. The maximum Gasteiger partial charge on any atom is 0.249 e. The molecule has 0 aromatic carbocycles. The lowest BCUT2D eigenvalue weighted by molar-refractivity contribution is 0.521. The molecule has 3 N–H and O–H groups in total. The van der Waals surface area contributed by atoms with Gasteiger partial charge in [-0.3, -0.25) is 0 Å². The van der Waals surface area contributed by atoms with E-state index >= 15 is 0 Å². The fraction of sp³-hybridized carbons (Fsp3) is 0.455. The Morgan fingerprint density at radius 3 is 2.76 bits per heavy atom. The molecule has 21 heavy (non-hydrogen) atoms. The van der Waals surface area contributed by atoms with Gasteiger partial charge in [0, 0.05) is 46.5 Å². The number of nitrogens with one attached hydrogen (secondary N) is 1. The number of imidazole rings is 1. The van der Waals surface area contributed by atoms with Crippen LogP contribution in [0.1, 0.15) is 5.82 Å². The third-order valence-electron chi connectivity index (χ3n) is 2.97. The van der Waals surface area contributed by atoms with Crippen LogP contribution in [0.3, 0.4) is 0 Å². The Kier molecular flexibility index (Phi) is 4.49. The maximum absolute atomic E-state index is 12.2. The van der Waals surface area contributed by atoms with Crippen LogP contribution in [-0.2, 0) is 23.5 Å². The van der Waals surface area contributed by atoms with Crippen molar-refractivity contribution in [2.45, 2.75) is 11.3 Å². The van der Waals surface area contributed by atoms with Crippen LogP contribution in [0.15, 0.2) is 17.3 Å². The summed E-state index contributed by atoms with van der Waals surface area (Å²) in [5.41, 5.74) is 5.69. The summed E-state index contributed by atoms with van der Waals surface area (Å²) in [6, 6.07) is 0. The minimum Gasteiger partial charge on any atom is -0.382 e. The number of nitrogens with zero attached hydrogens (tertiary/aromatic N) is 4. The summed E-state index contributed by atoms with van der Waals surface area (Å²) in [5.74, 6) is 0.935. The average molecular weight is 330 g/mol. The Morgan fingerprint density at radius 2 is 2.19 bits per heavy atom. The van der Waals surface area contributed by atoms with Crippen molar-refractivity contribution < 1.29 is 8.42 Å². The largest absolute Gasteiger partial charge is 0.382 e. The smallest absolute Gasteiger partial charge is 0.249 e. The predicted octanol–water partition coefficient (Wildman–Crippen LogP) is 0.364. The molecule has 0 bridgehead atoms. The number of rotatable bonds is 6. The first kappa shape index (κ1) is 15.7. The first-order chi connectivity index (χ1) is 9.84. The van der Waals surface area contributed by atoms with Gasteiger partial charge < -0.3 is 15.6 Å². The lowest BCUT2D eigenvalue weighted by Gasteiger charge is -2.12. The molecule has 0 saturated carbocycles. The van der Waals surface area contributed by atoms with Crippen molar-refractivity contribution in [3.63, 3.8) is 0 Å². The van der Waals surface area contributed by atoms with Gasteiger partial charge >= 0.3 is 0 Å². The summed E-state index contributed by atoms with van der Waals surface area (Å²) in [6.07, 6.45) is 4.26. The summed E-state index contributed by atoms with van der Waals surface area (Å²) < 4.78 is 31.4. The zero-order chi connectivity index (χ0) is 15.6. The second-order valence-corrected chi connectivity index (χ2v) is 7.51. The number of aryl methyl sites for hydroxylation is 1. The highest BCUT2D eigenvalue weighted by atomic mass is 32.2. The Labute approximate surface area is 127 Å². The highest BCUT2D eigenvalue weighted by Gasteiger charge is 2.27. The molecular weight excluding hydrogens is 312 g/mol. The molecule has 2 aromatic rings. The van der Waals surface area contributed by atoms with E-state index in [0.29, 0.717) is 18.0 Å². The Balaban J connectivity index is 2.13. The summed E-state index contributed by atoms with van der Waals surface area (Å²) in [4.78, 5) is 4.25. The first-order valence-corrected chi connectivity index (χ1v) is 8.43. The summed E-state index contributed by atoms with van der Waals surface area (Å²) in [5, 5.41) is 3.53. The molecule has 0 fully saturated rings. The number of hydrogen-bond acceptors (Lipinski definition) is 7. The van der Waals surface area contributed by atoms with Gasteiger partial charge in [-0.25, -0.2) is 17.7 Å². The van der Waals surface area contributed by atoms with Gasteiger partial charge in [-0.2, -0.15) is 4.37 Å². The minimum atomic E-state index is -3.61. The van der Waals surface area contributed by atoms with E-state index in [4.69, 9.17) is 5.73 Å². The highest BCUT2D eigenvalue weighted by molar-refractivity contribution is 7.89. The van der Waals surface area contributed by atoms with Crippen molar-refractivity contribution in [1.82, 2.24) is 18.2 Å². The maximum atomic E-state index is 12.2. The van der Waals surface area contributed by atoms with E-state index in [0.717, 1.165) is 21.7 Å². The van der Waals surface area contributed by atoms with Crippen LogP contribution >= 0.6 is 11.5 Å². The van der Waals surface area contributed by atoms with Crippen molar-refractivity contribution in [2.75, 3.05) is 31.7 Å². The van der Waals surface area contributed by atoms with Gasteiger partial charge in [0.05, 0.1) is 0 Å². The Morgan fingerprint density at radius 1 is 1.48 bits per heavy atom. The molecule has 0 saturated heterocycles. The van der Waals surface area contributed by atoms with Gasteiger partial charge in [0.1, 0.15) is 10.8 Å². The fourth-order valence-electron chi connectivity index (χ4n) is 1.76.